The quantitative estimate of drug-likeness (QED) is 0.886. The number of ether oxygens (including phenoxy) is 1. The van der Waals surface area contributed by atoms with Crippen molar-refractivity contribution >= 4 is 17.3 Å². The first-order chi connectivity index (χ1) is 11.7. The lowest BCUT2D eigenvalue weighted by molar-refractivity contribution is -0.119. The number of methoxy groups -OCH3 is 1. The molecule has 128 valence electrons. The van der Waals surface area contributed by atoms with Gasteiger partial charge in [0.25, 0.3) is 0 Å². The number of nitrogens with zero attached hydrogens (tertiary/aromatic N) is 3. The van der Waals surface area contributed by atoms with E-state index in [0.717, 1.165) is 43.1 Å². The Morgan fingerprint density at radius 3 is 2.96 bits per heavy atom. The Morgan fingerprint density at radius 2 is 2.25 bits per heavy atom. The molecule has 2 aromatic rings. The lowest BCUT2D eigenvalue weighted by Gasteiger charge is -2.29. The molecule has 1 aromatic heterocycles. The molecular weight excluding hydrogens is 304 g/mol. The lowest BCUT2D eigenvalue weighted by Crippen LogP contribution is -2.35. The largest absolute Gasteiger partial charge is 0.495 e. The van der Waals surface area contributed by atoms with E-state index in [4.69, 9.17) is 4.74 Å². The average Bonchev–Trinajstić information content (AvgIpc) is 3.08. The van der Waals surface area contributed by atoms with E-state index in [1.54, 1.807) is 13.3 Å². The summed E-state index contributed by atoms with van der Waals surface area (Å²) >= 11 is 0. The van der Waals surface area contributed by atoms with Crippen molar-refractivity contribution in [3.8, 4) is 5.75 Å². The fourth-order valence-electron chi connectivity index (χ4n) is 3.07. The van der Waals surface area contributed by atoms with Crippen LogP contribution >= 0.6 is 0 Å². The highest BCUT2D eigenvalue weighted by atomic mass is 16.5. The van der Waals surface area contributed by atoms with Gasteiger partial charge in [-0.25, -0.2) is 0 Å². The Morgan fingerprint density at radius 1 is 1.38 bits per heavy atom. The van der Waals surface area contributed by atoms with Crippen LogP contribution in [0.15, 0.2) is 36.7 Å². The van der Waals surface area contributed by atoms with Crippen molar-refractivity contribution in [3.63, 3.8) is 0 Å². The van der Waals surface area contributed by atoms with Gasteiger partial charge >= 0.3 is 0 Å². The minimum absolute atomic E-state index is 0.168. The van der Waals surface area contributed by atoms with E-state index in [0.29, 0.717) is 6.42 Å². The average molecular weight is 328 g/mol. The molecular formula is C18H24N4O2. The van der Waals surface area contributed by atoms with E-state index < -0.39 is 0 Å². The minimum Gasteiger partial charge on any atom is -0.495 e. The highest BCUT2D eigenvalue weighted by Gasteiger charge is 2.23. The van der Waals surface area contributed by atoms with Crippen molar-refractivity contribution < 1.29 is 9.53 Å². The van der Waals surface area contributed by atoms with Crippen molar-refractivity contribution in [1.82, 2.24) is 9.78 Å². The Labute approximate surface area is 142 Å². The van der Waals surface area contributed by atoms with E-state index in [1.165, 1.54) is 0 Å². The highest BCUT2D eigenvalue weighted by Crippen LogP contribution is 2.33. The smallest absolute Gasteiger partial charge is 0.227 e. The van der Waals surface area contributed by atoms with Gasteiger partial charge in [0.05, 0.1) is 19.3 Å². The maximum atomic E-state index is 12.2. The SMILES string of the molecule is COc1ccc(NC(C)Cn2cccn2)cc1N1CCCCC1=O. The zero-order valence-electron chi connectivity index (χ0n) is 14.2. The van der Waals surface area contributed by atoms with Crippen LogP contribution in [0.3, 0.4) is 0 Å². The van der Waals surface area contributed by atoms with Crippen LogP contribution in [0.4, 0.5) is 11.4 Å². The Balaban J connectivity index is 1.76. The van der Waals surface area contributed by atoms with E-state index in [9.17, 15) is 4.79 Å². The molecule has 3 rings (SSSR count). The summed E-state index contributed by atoms with van der Waals surface area (Å²) in [5.74, 6) is 0.900. The Hall–Kier alpha value is -2.50. The molecule has 1 atom stereocenters. The topological polar surface area (TPSA) is 59.4 Å². The van der Waals surface area contributed by atoms with Gasteiger partial charge in [-0.2, -0.15) is 5.10 Å². The molecule has 1 aromatic carbocycles. The van der Waals surface area contributed by atoms with Gasteiger partial charge in [-0.1, -0.05) is 0 Å². The maximum absolute atomic E-state index is 12.2. The number of hydrogen-bond donors (Lipinski definition) is 1. The number of amides is 1. The predicted molar refractivity (Wildman–Crippen MR) is 94.5 cm³/mol. The zero-order valence-corrected chi connectivity index (χ0v) is 14.2. The molecule has 1 unspecified atom stereocenters. The van der Waals surface area contributed by atoms with Crippen LogP contribution in [-0.4, -0.2) is 35.4 Å². The van der Waals surface area contributed by atoms with E-state index in [-0.39, 0.29) is 11.9 Å². The van der Waals surface area contributed by atoms with Crippen molar-refractivity contribution in [2.45, 2.75) is 38.8 Å². The molecule has 2 heterocycles. The number of anilines is 2. The summed E-state index contributed by atoms with van der Waals surface area (Å²) in [6.45, 7) is 3.64. The van der Waals surface area contributed by atoms with Crippen LogP contribution in [0.2, 0.25) is 0 Å². The summed E-state index contributed by atoms with van der Waals surface area (Å²) in [7, 11) is 1.64. The number of hydrogen-bond acceptors (Lipinski definition) is 4. The highest BCUT2D eigenvalue weighted by molar-refractivity contribution is 5.96. The Kier molecular flexibility index (Phi) is 5.03. The van der Waals surface area contributed by atoms with Crippen molar-refractivity contribution in [3.05, 3.63) is 36.7 Å². The first-order valence-electron chi connectivity index (χ1n) is 8.40. The first-order valence-corrected chi connectivity index (χ1v) is 8.40. The van der Waals surface area contributed by atoms with Gasteiger partial charge in [-0.3, -0.25) is 9.48 Å². The molecule has 0 spiro atoms. The summed E-state index contributed by atoms with van der Waals surface area (Å²) < 4.78 is 7.36. The summed E-state index contributed by atoms with van der Waals surface area (Å²) in [4.78, 5) is 14.1. The van der Waals surface area contributed by atoms with Gasteiger partial charge in [0.2, 0.25) is 5.91 Å². The van der Waals surface area contributed by atoms with Gasteiger partial charge in [-0.05, 0) is 44.0 Å². The molecule has 1 amide bonds. The molecule has 6 nitrogen and oxygen atoms in total. The molecule has 0 aliphatic carbocycles. The molecule has 6 heteroatoms. The summed E-state index contributed by atoms with van der Waals surface area (Å²) in [5, 5.41) is 7.70. The summed E-state index contributed by atoms with van der Waals surface area (Å²) in [6, 6.07) is 8.03. The molecule has 0 bridgehead atoms. The number of carbonyl (C=O) groups excluding carboxylic acids is 1. The van der Waals surface area contributed by atoms with Gasteiger partial charge in [0.15, 0.2) is 0 Å². The molecule has 1 N–H and O–H groups in total. The van der Waals surface area contributed by atoms with Crippen molar-refractivity contribution in [2.75, 3.05) is 23.9 Å². The molecule has 1 saturated heterocycles. The first kappa shape index (κ1) is 16.4. The van der Waals surface area contributed by atoms with Crippen LogP contribution in [0.25, 0.3) is 0 Å². The fraction of sp³-hybridized carbons (Fsp3) is 0.444. The second-order valence-electron chi connectivity index (χ2n) is 6.16. The number of piperidine rings is 1. The molecule has 1 aliphatic heterocycles. The van der Waals surface area contributed by atoms with Crippen LogP contribution in [0, 0.1) is 0 Å². The van der Waals surface area contributed by atoms with Gasteiger partial charge < -0.3 is 15.0 Å². The van der Waals surface area contributed by atoms with Crippen LogP contribution in [0.1, 0.15) is 26.2 Å². The number of benzene rings is 1. The number of nitrogens with one attached hydrogen (secondary N) is 1. The van der Waals surface area contributed by atoms with Gasteiger partial charge in [0, 0.05) is 37.1 Å². The third-order valence-electron chi connectivity index (χ3n) is 4.23. The van der Waals surface area contributed by atoms with Gasteiger partial charge in [0.1, 0.15) is 5.75 Å². The molecule has 0 radical (unpaired) electrons. The Bertz CT molecular complexity index is 684. The van der Waals surface area contributed by atoms with Crippen molar-refractivity contribution in [1.29, 1.82) is 0 Å². The van der Waals surface area contributed by atoms with E-state index >= 15 is 0 Å². The summed E-state index contributed by atoms with van der Waals surface area (Å²) in [5.41, 5.74) is 1.82. The lowest BCUT2D eigenvalue weighted by atomic mass is 10.1. The molecule has 1 fully saturated rings. The minimum atomic E-state index is 0.168. The number of aromatic nitrogens is 2. The summed E-state index contributed by atoms with van der Waals surface area (Å²) in [6.07, 6.45) is 6.33. The van der Waals surface area contributed by atoms with E-state index in [1.807, 2.05) is 40.0 Å². The fourth-order valence-corrected chi connectivity index (χ4v) is 3.07. The van der Waals surface area contributed by atoms with E-state index in [2.05, 4.69) is 17.3 Å². The van der Waals surface area contributed by atoms with Crippen LogP contribution in [0.5, 0.6) is 5.75 Å². The standard InChI is InChI=1S/C18H24N4O2/c1-14(13-21-10-5-9-19-21)20-15-7-8-17(24-2)16(12-15)22-11-4-3-6-18(22)23/h5,7-10,12,14,20H,3-4,6,11,13H2,1-2H3. The maximum Gasteiger partial charge on any atom is 0.227 e. The van der Waals surface area contributed by atoms with Crippen LogP contribution < -0.4 is 15.0 Å². The third-order valence-corrected chi connectivity index (χ3v) is 4.23. The monoisotopic (exact) mass is 328 g/mol. The third kappa shape index (κ3) is 3.69. The normalized spacial score (nSPS) is 16.1. The second-order valence-corrected chi connectivity index (χ2v) is 6.16. The molecule has 1 aliphatic rings. The molecule has 24 heavy (non-hydrogen) atoms. The predicted octanol–water partition coefficient (Wildman–Crippen LogP) is 2.91. The van der Waals surface area contributed by atoms with Crippen LogP contribution in [-0.2, 0) is 11.3 Å². The van der Waals surface area contributed by atoms with Gasteiger partial charge in [-0.15, -0.1) is 0 Å². The van der Waals surface area contributed by atoms with Crippen molar-refractivity contribution in [2.24, 2.45) is 0 Å². The zero-order chi connectivity index (χ0) is 16.9. The molecule has 0 saturated carbocycles. The number of rotatable bonds is 6. The second kappa shape index (κ2) is 7.38. The number of carbonyl (C=O) groups is 1.